The monoisotopic (exact) mass is 356 g/mol. The summed E-state index contributed by atoms with van der Waals surface area (Å²) >= 11 is 2.38. The molecule has 2 heterocycles. The zero-order chi connectivity index (χ0) is 12.5. The van der Waals surface area contributed by atoms with E-state index in [0.717, 1.165) is 18.1 Å². The highest BCUT2D eigenvalue weighted by atomic mass is 127. The van der Waals surface area contributed by atoms with E-state index in [1.54, 1.807) is 0 Å². The van der Waals surface area contributed by atoms with Crippen LogP contribution in [0.3, 0.4) is 0 Å². The Kier molecular flexibility index (Phi) is 3.80. The summed E-state index contributed by atoms with van der Waals surface area (Å²) in [5.41, 5.74) is 1.43. The van der Waals surface area contributed by atoms with Crippen molar-refractivity contribution in [1.82, 2.24) is 5.32 Å². The van der Waals surface area contributed by atoms with Crippen LogP contribution in [-0.2, 0) is 0 Å². The molecule has 98 valence electrons. The standard InChI is InChI=1S/C15H21IN2/c1-17-12-9-14-3-2-4-15(10-12)18(14)13-7-5-11(16)6-8-13/h5-8,12,14-15,17H,2-4,9-10H2,1H3. The van der Waals surface area contributed by atoms with E-state index < -0.39 is 0 Å². The van der Waals surface area contributed by atoms with Gasteiger partial charge in [-0.05, 0) is 86.0 Å². The molecule has 3 heteroatoms. The Morgan fingerprint density at radius 1 is 1.11 bits per heavy atom. The van der Waals surface area contributed by atoms with Gasteiger partial charge in [0.2, 0.25) is 0 Å². The number of nitrogens with one attached hydrogen (secondary N) is 1. The molecule has 0 amide bonds. The number of hydrogen-bond acceptors (Lipinski definition) is 2. The maximum absolute atomic E-state index is 3.49. The van der Waals surface area contributed by atoms with Crippen molar-refractivity contribution in [2.75, 3.05) is 11.9 Å². The summed E-state index contributed by atoms with van der Waals surface area (Å²) in [5, 5.41) is 3.49. The lowest BCUT2D eigenvalue weighted by Gasteiger charge is -2.50. The third kappa shape index (κ3) is 2.39. The van der Waals surface area contributed by atoms with Crippen molar-refractivity contribution in [3.05, 3.63) is 27.8 Å². The van der Waals surface area contributed by atoms with Gasteiger partial charge in [0, 0.05) is 27.4 Å². The molecule has 0 aliphatic carbocycles. The summed E-state index contributed by atoms with van der Waals surface area (Å²) in [5.74, 6) is 0. The van der Waals surface area contributed by atoms with E-state index in [0.29, 0.717) is 0 Å². The van der Waals surface area contributed by atoms with E-state index in [4.69, 9.17) is 0 Å². The minimum atomic E-state index is 0.723. The van der Waals surface area contributed by atoms with Gasteiger partial charge in [0.05, 0.1) is 0 Å². The minimum absolute atomic E-state index is 0.723. The number of nitrogens with zero attached hydrogens (tertiary/aromatic N) is 1. The van der Waals surface area contributed by atoms with E-state index >= 15 is 0 Å². The second-order valence-corrected chi connectivity index (χ2v) is 6.82. The van der Waals surface area contributed by atoms with Crippen LogP contribution in [0.25, 0.3) is 0 Å². The molecule has 2 nitrogen and oxygen atoms in total. The summed E-state index contributed by atoms with van der Waals surface area (Å²) in [7, 11) is 2.11. The van der Waals surface area contributed by atoms with Crippen LogP contribution < -0.4 is 10.2 Å². The number of anilines is 1. The highest BCUT2D eigenvalue weighted by molar-refractivity contribution is 14.1. The molecule has 2 atom stereocenters. The molecule has 2 aliphatic rings. The molecule has 2 saturated heterocycles. The molecular weight excluding hydrogens is 335 g/mol. The van der Waals surface area contributed by atoms with Crippen molar-refractivity contribution < 1.29 is 0 Å². The fourth-order valence-corrected chi connectivity index (χ4v) is 4.01. The van der Waals surface area contributed by atoms with E-state index in [1.165, 1.54) is 41.4 Å². The molecule has 0 saturated carbocycles. The fourth-order valence-electron chi connectivity index (χ4n) is 3.65. The largest absolute Gasteiger partial charge is 0.365 e. The summed E-state index contributed by atoms with van der Waals surface area (Å²) in [6.07, 6.45) is 6.74. The van der Waals surface area contributed by atoms with Gasteiger partial charge in [0.15, 0.2) is 0 Å². The molecule has 2 fully saturated rings. The zero-order valence-electron chi connectivity index (χ0n) is 10.9. The van der Waals surface area contributed by atoms with Crippen molar-refractivity contribution >= 4 is 28.3 Å². The van der Waals surface area contributed by atoms with Gasteiger partial charge < -0.3 is 10.2 Å². The predicted molar refractivity (Wildman–Crippen MR) is 85.1 cm³/mol. The molecule has 0 aromatic heterocycles. The van der Waals surface area contributed by atoms with Crippen LogP contribution in [0, 0.1) is 3.57 Å². The van der Waals surface area contributed by atoms with Crippen LogP contribution in [-0.4, -0.2) is 25.2 Å². The topological polar surface area (TPSA) is 15.3 Å². The van der Waals surface area contributed by atoms with Crippen molar-refractivity contribution in [3.8, 4) is 0 Å². The highest BCUT2D eigenvalue weighted by Gasteiger charge is 2.37. The molecule has 2 bridgehead atoms. The molecule has 1 N–H and O–H groups in total. The molecule has 18 heavy (non-hydrogen) atoms. The van der Waals surface area contributed by atoms with Gasteiger partial charge in [0.1, 0.15) is 0 Å². The van der Waals surface area contributed by atoms with E-state index in [1.807, 2.05) is 0 Å². The first-order valence-corrected chi connectivity index (χ1v) is 8.07. The lowest BCUT2D eigenvalue weighted by Crippen LogP contribution is -2.56. The van der Waals surface area contributed by atoms with Gasteiger partial charge in [-0.2, -0.15) is 0 Å². The molecular formula is C15H21IN2. The second-order valence-electron chi connectivity index (χ2n) is 5.58. The van der Waals surface area contributed by atoms with Crippen LogP contribution in [0.2, 0.25) is 0 Å². The molecule has 3 rings (SSSR count). The Balaban J connectivity index is 1.85. The Labute approximate surface area is 123 Å². The Hall–Kier alpha value is -0.290. The smallest absolute Gasteiger partial charge is 0.0371 e. The number of hydrogen-bond donors (Lipinski definition) is 1. The first-order valence-electron chi connectivity index (χ1n) is 6.99. The summed E-state index contributed by atoms with van der Waals surface area (Å²) in [6.45, 7) is 0. The van der Waals surface area contributed by atoms with Crippen LogP contribution in [0.4, 0.5) is 5.69 Å². The first-order chi connectivity index (χ1) is 8.78. The van der Waals surface area contributed by atoms with Gasteiger partial charge in [-0.25, -0.2) is 0 Å². The Bertz CT molecular complexity index is 389. The van der Waals surface area contributed by atoms with Crippen molar-refractivity contribution in [2.45, 2.75) is 50.2 Å². The fraction of sp³-hybridized carbons (Fsp3) is 0.600. The SMILES string of the molecule is CNC1CC2CCCC(C1)N2c1ccc(I)cc1. The first kappa shape index (κ1) is 12.7. The molecule has 0 spiro atoms. The molecule has 1 aromatic carbocycles. The maximum Gasteiger partial charge on any atom is 0.0371 e. The van der Waals surface area contributed by atoms with Crippen molar-refractivity contribution in [3.63, 3.8) is 0 Å². The van der Waals surface area contributed by atoms with E-state index in [-0.39, 0.29) is 0 Å². The molecule has 1 aromatic rings. The highest BCUT2D eigenvalue weighted by Crippen LogP contribution is 2.37. The lowest BCUT2D eigenvalue weighted by molar-refractivity contribution is 0.252. The Morgan fingerprint density at radius 2 is 1.72 bits per heavy atom. The number of benzene rings is 1. The summed E-state index contributed by atoms with van der Waals surface area (Å²) in [4.78, 5) is 2.70. The average Bonchev–Trinajstić information content (AvgIpc) is 2.38. The number of piperidine rings is 2. The van der Waals surface area contributed by atoms with Crippen LogP contribution in [0.15, 0.2) is 24.3 Å². The number of fused-ring (bicyclic) bond motifs is 2. The minimum Gasteiger partial charge on any atom is -0.365 e. The van der Waals surface area contributed by atoms with Gasteiger partial charge >= 0.3 is 0 Å². The number of rotatable bonds is 2. The predicted octanol–water partition coefficient (Wildman–Crippen LogP) is 3.40. The molecule has 0 radical (unpaired) electrons. The van der Waals surface area contributed by atoms with Gasteiger partial charge in [-0.3, -0.25) is 0 Å². The normalized spacial score (nSPS) is 31.4. The maximum atomic E-state index is 3.49. The van der Waals surface area contributed by atoms with E-state index in [2.05, 4.69) is 64.1 Å². The Morgan fingerprint density at radius 3 is 2.28 bits per heavy atom. The second kappa shape index (κ2) is 5.37. The van der Waals surface area contributed by atoms with Crippen LogP contribution in [0.1, 0.15) is 32.1 Å². The third-order valence-electron chi connectivity index (χ3n) is 4.51. The lowest BCUT2D eigenvalue weighted by atomic mass is 9.81. The van der Waals surface area contributed by atoms with Gasteiger partial charge in [0.25, 0.3) is 0 Å². The summed E-state index contributed by atoms with van der Waals surface area (Å²) in [6, 6.07) is 11.3. The number of halogens is 1. The quantitative estimate of drug-likeness (QED) is 0.818. The zero-order valence-corrected chi connectivity index (χ0v) is 13.1. The molecule has 2 aliphatic heterocycles. The average molecular weight is 356 g/mol. The van der Waals surface area contributed by atoms with Crippen molar-refractivity contribution in [2.24, 2.45) is 0 Å². The van der Waals surface area contributed by atoms with Gasteiger partial charge in [-0.15, -0.1) is 0 Å². The van der Waals surface area contributed by atoms with E-state index in [9.17, 15) is 0 Å². The van der Waals surface area contributed by atoms with Gasteiger partial charge in [-0.1, -0.05) is 0 Å². The third-order valence-corrected chi connectivity index (χ3v) is 5.23. The van der Waals surface area contributed by atoms with Crippen molar-refractivity contribution in [1.29, 1.82) is 0 Å². The van der Waals surface area contributed by atoms with Crippen LogP contribution in [0.5, 0.6) is 0 Å². The summed E-state index contributed by atoms with van der Waals surface area (Å²) < 4.78 is 1.33. The van der Waals surface area contributed by atoms with Crippen LogP contribution >= 0.6 is 22.6 Å². The molecule has 2 unspecified atom stereocenters.